The summed E-state index contributed by atoms with van der Waals surface area (Å²) in [6.45, 7) is 2.00. The first-order valence-corrected chi connectivity index (χ1v) is 9.81. The molecule has 0 aliphatic carbocycles. The molecule has 29 heavy (non-hydrogen) atoms. The number of rotatable bonds is 4. The second-order valence-electron chi connectivity index (χ2n) is 6.80. The SMILES string of the molecule is COc1cc(F)cc(-n2nc(C3CN(C)CCO3)nc2-c2cc(F)ccc2Br)c1. The van der Waals surface area contributed by atoms with E-state index >= 15 is 0 Å². The summed E-state index contributed by atoms with van der Waals surface area (Å²) in [5, 5.41) is 4.59. The smallest absolute Gasteiger partial charge is 0.181 e. The van der Waals surface area contributed by atoms with Crippen molar-refractivity contribution in [3.63, 3.8) is 0 Å². The molecule has 0 spiro atoms. The summed E-state index contributed by atoms with van der Waals surface area (Å²) in [6.07, 6.45) is -0.337. The zero-order valence-corrected chi connectivity index (χ0v) is 17.5. The number of ether oxygens (including phenoxy) is 2. The largest absolute Gasteiger partial charge is 0.497 e. The van der Waals surface area contributed by atoms with E-state index in [4.69, 9.17) is 9.47 Å². The molecular formula is C20H19BrF2N4O2. The van der Waals surface area contributed by atoms with Crippen molar-refractivity contribution in [2.75, 3.05) is 33.9 Å². The van der Waals surface area contributed by atoms with Crippen molar-refractivity contribution in [1.29, 1.82) is 0 Å². The van der Waals surface area contributed by atoms with Crippen molar-refractivity contribution in [1.82, 2.24) is 19.7 Å². The minimum atomic E-state index is -0.477. The lowest BCUT2D eigenvalue weighted by molar-refractivity contribution is -0.0254. The Balaban J connectivity index is 1.88. The second kappa shape index (κ2) is 8.17. The van der Waals surface area contributed by atoms with Crippen LogP contribution in [0, 0.1) is 11.6 Å². The van der Waals surface area contributed by atoms with Crippen LogP contribution in [0.3, 0.4) is 0 Å². The Bertz CT molecular complexity index is 1040. The topological polar surface area (TPSA) is 52.4 Å². The van der Waals surface area contributed by atoms with Crippen LogP contribution in [-0.2, 0) is 4.74 Å². The van der Waals surface area contributed by atoms with Crippen molar-refractivity contribution in [3.8, 4) is 22.8 Å². The zero-order valence-electron chi connectivity index (χ0n) is 15.9. The summed E-state index contributed by atoms with van der Waals surface area (Å²) >= 11 is 3.45. The predicted octanol–water partition coefficient (Wildman–Crippen LogP) is 3.99. The first-order chi connectivity index (χ1) is 13.9. The lowest BCUT2D eigenvalue weighted by Crippen LogP contribution is -2.35. The third-order valence-corrected chi connectivity index (χ3v) is 5.38. The molecule has 2 aromatic carbocycles. The molecule has 6 nitrogen and oxygen atoms in total. The number of methoxy groups -OCH3 is 1. The molecule has 0 bridgehead atoms. The number of morpholine rings is 1. The molecule has 2 heterocycles. The van der Waals surface area contributed by atoms with E-state index in [0.29, 0.717) is 46.3 Å². The van der Waals surface area contributed by atoms with Crippen LogP contribution in [-0.4, -0.2) is 53.5 Å². The van der Waals surface area contributed by atoms with Crippen LogP contribution in [0.15, 0.2) is 40.9 Å². The van der Waals surface area contributed by atoms with E-state index in [1.165, 1.54) is 36.1 Å². The van der Waals surface area contributed by atoms with Gasteiger partial charge in [-0.15, -0.1) is 5.10 Å². The summed E-state index contributed by atoms with van der Waals surface area (Å²) < 4.78 is 41.3. The van der Waals surface area contributed by atoms with Gasteiger partial charge in [-0.05, 0) is 31.3 Å². The lowest BCUT2D eigenvalue weighted by atomic mass is 10.2. The van der Waals surface area contributed by atoms with E-state index in [2.05, 4.69) is 30.9 Å². The number of benzene rings is 2. The summed E-state index contributed by atoms with van der Waals surface area (Å²) in [5.41, 5.74) is 0.909. The summed E-state index contributed by atoms with van der Waals surface area (Å²) in [5.74, 6) is 0.274. The molecule has 1 aliphatic rings. The van der Waals surface area contributed by atoms with E-state index in [9.17, 15) is 8.78 Å². The molecule has 0 radical (unpaired) electrons. The zero-order chi connectivity index (χ0) is 20.5. The van der Waals surface area contributed by atoms with Gasteiger partial charge in [0.25, 0.3) is 0 Å². The van der Waals surface area contributed by atoms with E-state index in [1.807, 2.05) is 7.05 Å². The maximum atomic E-state index is 14.1. The number of aromatic nitrogens is 3. The molecule has 1 fully saturated rings. The Morgan fingerprint density at radius 1 is 1.17 bits per heavy atom. The van der Waals surface area contributed by atoms with Crippen LogP contribution in [0.5, 0.6) is 5.75 Å². The molecular weight excluding hydrogens is 446 g/mol. The molecule has 152 valence electrons. The van der Waals surface area contributed by atoms with E-state index in [-0.39, 0.29) is 6.10 Å². The van der Waals surface area contributed by atoms with E-state index in [0.717, 1.165) is 6.54 Å². The number of likely N-dealkylation sites (N-methyl/N-ethyl adjacent to an activating group) is 1. The van der Waals surface area contributed by atoms with Gasteiger partial charge in [-0.25, -0.2) is 18.4 Å². The molecule has 1 atom stereocenters. The fraction of sp³-hybridized carbons (Fsp3) is 0.300. The summed E-state index contributed by atoms with van der Waals surface area (Å²) in [4.78, 5) is 6.77. The average molecular weight is 465 g/mol. The number of nitrogens with zero attached hydrogens (tertiary/aromatic N) is 4. The summed E-state index contributed by atoms with van der Waals surface area (Å²) in [6, 6.07) is 8.55. The number of hydrogen-bond donors (Lipinski definition) is 0. The molecule has 1 saturated heterocycles. The molecule has 9 heteroatoms. The van der Waals surface area contributed by atoms with Gasteiger partial charge in [-0.3, -0.25) is 0 Å². The van der Waals surface area contributed by atoms with Crippen molar-refractivity contribution >= 4 is 15.9 Å². The monoisotopic (exact) mass is 464 g/mol. The standard InChI is InChI=1S/C20H19BrF2N4O2/c1-26-5-6-29-18(11-26)19-24-20(16-9-12(22)3-4-17(16)21)27(25-19)14-7-13(23)8-15(10-14)28-2/h3-4,7-10,18H,5-6,11H2,1-2H3. The van der Waals surface area contributed by atoms with Gasteiger partial charge >= 0.3 is 0 Å². The van der Waals surface area contributed by atoms with Gasteiger partial charge < -0.3 is 14.4 Å². The molecule has 0 amide bonds. The van der Waals surface area contributed by atoms with Crippen LogP contribution >= 0.6 is 15.9 Å². The van der Waals surface area contributed by atoms with Gasteiger partial charge in [-0.2, -0.15) is 0 Å². The number of hydrogen-bond acceptors (Lipinski definition) is 5. The first kappa shape index (κ1) is 19.9. The molecule has 3 aromatic rings. The Kier molecular flexibility index (Phi) is 5.62. The Labute approximate surface area is 175 Å². The normalized spacial score (nSPS) is 17.5. The molecule has 1 aliphatic heterocycles. The van der Waals surface area contributed by atoms with Crippen molar-refractivity contribution in [2.45, 2.75) is 6.10 Å². The molecule has 4 rings (SSSR count). The fourth-order valence-electron chi connectivity index (χ4n) is 3.21. The van der Waals surface area contributed by atoms with Crippen molar-refractivity contribution in [2.24, 2.45) is 0 Å². The fourth-order valence-corrected chi connectivity index (χ4v) is 3.63. The van der Waals surface area contributed by atoms with E-state index < -0.39 is 11.6 Å². The maximum absolute atomic E-state index is 14.1. The maximum Gasteiger partial charge on any atom is 0.181 e. The molecule has 1 aromatic heterocycles. The first-order valence-electron chi connectivity index (χ1n) is 9.02. The highest BCUT2D eigenvalue weighted by molar-refractivity contribution is 9.10. The lowest BCUT2D eigenvalue weighted by Gasteiger charge is -2.28. The number of halogens is 3. The molecule has 0 N–H and O–H groups in total. The third-order valence-electron chi connectivity index (χ3n) is 4.69. The Morgan fingerprint density at radius 3 is 2.76 bits per heavy atom. The van der Waals surface area contributed by atoms with Crippen molar-refractivity contribution in [3.05, 3.63) is 58.3 Å². The van der Waals surface area contributed by atoms with E-state index in [1.54, 1.807) is 12.1 Å². The van der Waals surface area contributed by atoms with Crippen LogP contribution in [0.25, 0.3) is 17.1 Å². The second-order valence-corrected chi connectivity index (χ2v) is 7.65. The van der Waals surface area contributed by atoms with Crippen LogP contribution in [0.1, 0.15) is 11.9 Å². The van der Waals surface area contributed by atoms with Crippen LogP contribution in [0.4, 0.5) is 8.78 Å². The third kappa shape index (κ3) is 4.17. The highest BCUT2D eigenvalue weighted by Gasteiger charge is 2.26. The highest BCUT2D eigenvalue weighted by Crippen LogP contribution is 2.32. The van der Waals surface area contributed by atoms with Gasteiger partial charge in [0, 0.05) is 35.3 Å². The van der Waals surface area contributed by atoms with Gasteiger partial charge in [0.1, 0.15) is 23.5 Å². The minimum Gasteiger partial charge on any atom is -0.497 e. The van der Waals surface area contributed by atoms with Crippen molar-refractivity contribution < 1.29 is 18.3 Å². The molecule has 1 unspecified atom stereocenters. The van der Waals surface area contributed by atoms with Gasteiger partial charge in [0.15, 0.2) is 11.6 Å². The molecule has 0 saturated carbocycles. The quantitative estimate of drug-likeness (QED) is 0.584. The minimum absolute atomic E-state index is 0.337. The highest BCUT2D eigenvalue weighted by atomic mass is 79.9. The predicted molar refractivity (Wildman–Crippen MR) is 107 cm³/mol. The van der Waals surface area contributed by atoms with Gasteiger partial charge in [-0.1, -0.05) is 15.9 Å². The van der Waals surface area contributed by atoms with Gasteiger partial charge in [0.2, 0.25) is 0 Å². The average Bonchev–Trinajstić information content (AvgIpc) is 3.14. The summed E-state index contributed by atoms with van der Waals surface area (Å²) in [7, 11) is 3.45. The Hall–Kier alpha value is -2.36. The van der Waals surface area contributed by atoms with Gasteiger partial charge in [0.05, 0.1) is 19.4 Å². The van der Waals surface area contributed by atoms with Crippen LogP contribution in [0.2, 0.25) is 0 Å². The Morgan fingerprint density at radius 2 is 2.00 bits per heavy atom. The van der Waals surface area contributed by atoms with Crippen LogP contribution < -0.4 is 4.74 Å².